The Kier molecular flexibility index (Phi) is 9.64. The van der Waals surface area contributed by atoms with Crippen LogP contribution in [0.4, 0.5) is 5.69 Å². The molecular formula is C25H27NO9S2. The van der Waals surface area contributed by atoms with Crippen LogP contribution in [-0.2, 0) is 14.8 Å². The highest BCUT2D eigenvalue weighted by molar-refractivity contribution is 7.98. The maximum Gasteiger partial charge on any atom is 0.338 e. The number of sulfonamides is 1. The van der Waals surface area contributed by atoms with Gasteiger partial charge in [-0.15, -0.1) is 11.8 Å². The zero-order chi connectivity index (χ0) is 27.0. The maximum absolute atomic E-state index is 13.3. The Labute approximate surface area is 219 Å². The first-order valence-electron chi connectivity index (χ1n) is 10.9. The highest BCUT2D eigenvalue weighted by Crippen LogP contribution is 2.42. The molecule has 0 radical (unpaired) electrons. The summed E-state index contributed by atoms with van der Waals surface area (Å²) in [6.07, 6.45) is 0.638. The van der Waals surface area contributed by atoms with Gasteiger partial charge in [-0.05, 0) is 54.8 Å². The van der Waals surface area contributed by atoms with Gasteiger partial charge >= 0.3 is 5.97 Å². The molecule has 0 aromatic heterocycles. The van der Waals surface area contributed by atoms with Crippen molar-refractivity contribution in [2.45, 2.75) is 15.9 Å². The van der Waals surface area contributed by atoms with E-state index in [1.165, 1.54) is 50.2 Å². The molecule has 10 nitrogen and oxygen atoms in total. The van der Waals surface area contributed by atoms with Gasteiger partial charge < -0.3 is 29.2 Å². The van der Waals surface area contributed by atoms with Crippen molar-refractivity contribution in [3.8, 4) is 23.0 Å². The lowest BCUT2D eigenvalue weighted by atomic mass is 10.1. The number of carbonyl (C=O) groups is 1. The van der Waals surface area contributed by atoms with Crippen LogP contribution in [0.2, 0.25) is 0 Å². The largest absolute Gasteiger partial charge is 0.497 e. The van der Waals surface area contributed by atoms with Crippen LogP contribution in [0.25, 0.3) is 0 Å². The first-order chi connectivity index (χ1) is 17.7. The van der Waals surface area contributed by atoms with Crippen LogP contribution in [0.5, 0.6) is 23.0 Å². The normalized spacial score (nSPS) is 11.9. The fraction of sp³-hybridized carbons (Fsp3) is 0.240. The number of thioether (sulfide) groups is 1. The number of hydrogen-bond acceptors (Lipinski definition) is 10. The highest BCUT2D eigenvalue weighted by atomic mass is 32.2. The maximum atomic E-state index is 13.3. The topological polar surface area (TPSA) is 141 Å². The second-order valence-corrected chi connectivity index (χ2v) is 10.1. The molecular weight excluding hydrogens is 522 g/mol. The molecule has 0 amide bonds. The van der Waals surface area contributed by atoms with E-state index in [-0.39, 0.29) is 40.0 Å². The minimum Gasteiger partial charge on any atom is -0.497 e. The molecule has 0 fully saturated rings. The lowest BCUT2D eigenvalue weighted by Crippen LogP contribution is -2.22. The van der Waals surface area contributed by atoms with Crippen LogP contribution in [0.1, 0.15) is 10.4 Å². The van der Waals surface area contributed by atoms with E-state index in [9.17, 15) is 23.4 Å². The lowest BCUT2D eigenvalue weighted by Gasteiger charge is -2.20. The van der Waals surface area contributed by atoms with Crippen molar-refractivity contribution in [3.05, 3.63) is 66.2 Å². The second kappa shape index (κ2) is 12.7. The van der Waals surface area contributed by atoms with Crippen molar-refractivity contribution in [1.29, 1.82) is 0 Å². The van der Waals surface area contributed by atoms with Gasteiger partial charge in [-0.2, -0.15) is 0 Å². The van der Waals surface area contributed by atoms with Crippen LogP contribution >= 0.6 is 11.8 Å². The highest BCUT2D eigenvalue weighted by Gasteiger charge is 2.24. The molecule has 3 N–H and O–H groups in total. The van der Waals surface area contributed by atoms with Crippen molar-refractivity contribution in [1.82, 2.24) is 0 Å². The van der Waals surface area contributed by atoms with Gasteiger partial charge in [0.25, 0.3) is 10.0 Å². The summed E-state index contributed by atoms with van der Waals surface area (Å²) in [6, 6.07) is 15.3. The molecule has 37 heavy (non-hydrogen) atoms. The summed E-state index contributed by atoms with van der Waals surface area (Å²) < 4.78 is 50.6. The predicted octanol–water partition coefficient (Wildman–Crippen LogP) is 3.53. The number of esters is 1. The molecule has 3 aromatic carbocycles. The Bertz CT molecular complexity index is 1330. The summed E-state index contributed by atoms with van der Waals surface area (Å²) in [6.45, 7) is -0.938. The summed E-state index contributed by atoms with van der Waals surface area (Å²) in [5.74, 6) is -0.158. The molecule has 12 heteroatoms. The number of nitrogens with one attached hydrogen (secondary N) is 1. The fourth-order valence-corrected chi connectivity index (χ4v) is 4.57. The Morgan fingerprint density at radius 2 is 1.76 bits per heavy atom. The van der Waals surface area contributed by atoms with E-state index >= 15 is 0 Å². The van der Waals surface area contributed by atoms with Crippen molar-refractivity contribution in [2.75, 3.05) is 38.4 Å². The van der Waals surface area contributed by atoms with Crippen molar-refractivity contribution in [2.24, 2.45) is 0 Å². The van der Waals surface area contributed by atoms with Gasteiger partial charge in [0.2, 0.25) is 0 Å². The smallest absolute Gasteiger partial charge is 0.338 e. The molecule has 0 aliphatic heterocycles. The third-order valence-electron chi connectivity index (χ3n) is 4.99. The van der Waals surface area contributed by atoms with E-state index < -0.39 is 28.7 Å². The number of benzene rings is 3. The zero-order valence-electron chi connectivity index (χ0n) is 20.3. The number of rotatable bonds is 12. The van der Waals surface area contributed by atoms with E-state index in [4.69, 9.17) is 18.9 Å². The van der Waals surface area contributed by atoms with Crippen LogP contribution < -0.4 is 18.9 Å². The summed E-state index contributed by atoms with van der Waals surface area (Å²) in [5, 5.41) is 19.0. The summed E-state index contributed by atoms with van der Waals surface area (Å²) in [7, 11) is -1.47. The van der Waals surface area contributed by atoms with E-state index in [2.05, 4.69) is 4.72 Å². The van der Waals surface area contributed by atoms with Crippen LogP contribution in [0, 0.1) is 0 Å². The van der Waals surface area contributed by atoms with Gasteiger partial charge in [0.05, 0.1) is 37.0 Å². The molecule has 0 saturated carbocycles. The molecule has 0 heterocycles. The number of anilines is 1. The van der Waals surface area contributed by atoms with E-state index in [0.29, 0.717) is 5.75 Å². The molecule has 0 spiro atoms. The van der Waals surface area contributed by atoms with E-state index in [1.807, 2.05) is 6.26 Å². The second-order valence-electron chi connectivity index (χ2n) is 7.55. The van der Waals surface area contributed by atoms with Gasteiger partial charge in [-0.25, -0.2) is 13.2 Å². The number of carbonyl (C=O) groups excluding carboxylic acids is 1. The van der Waals surface area contributed by atoms with Crippen LogP contribution in [-0.4, -0.2) is 64.4 Å². The van der Waals surface area contributed by atoms with Gasteiger partial charge in [-0.1, -0.05) is 6.07 Å². The van der Waals surface area contributed by atoms with Crippen molar-refractivity contribution >= 4 is 33.4 Å². The number of aliphatic hydroxyl groups is 2. The summed E-state index contributed by atoms with van der Waals surface area (Å²) in [4.78, 5) is 13.2. The third-order valence-corrected chi connectivity index (χ3v) is 7.12. The molecule has 198 valence electrons. The Morgan fingerprint density at radius 3 is 2.38 bits per heavy atom. The molecule has 0 aliphatic rings. The Morgan fingerprint density at radius 1 is 1.05 bits per heavy atom. The average Bonchev–Trinajstić information content (AvgIpc) is 2.92. The summed E-state index contributed by atoms with van der Waals surface area (Å²) in [5.41, 5.74) is -0.155. The van der Waals surface area contributed by atoms with Gasteiger partial charge in [0, 0.05) is 11.0 Å². The number of aliphatic hydroxyl groups excluding tert-OH is 2. The van der Waals surface area contributed by atoms with Gasteiger partial charge in [-0.3, -0.25) is 4.72 Å². The predicted molar refractivity (Wildman–Crippen MR) is 138 cm³/mol. The average molecular weight is 550 g/mol. The molecule has 3 rings (SSSR count). The Hall–Kier alpha value is -3.45. The molecule has 0 aliphatic carbocycles. The monoisotopic (exact) mass is 549 g/mol. The van der Waals surface area contributed by atoms with Crippen LogP contribution in [0.3, 0.4) is 0 Å². The first kappa shape index (κ1) is 28.1. The minimum atomic E-state index is -4.13. The molecule has 0 bridgehead atoms. The standard InChI is InChI=1S/C25H27NO9S2/c1-32-18-5-4-6-19(13-18)35-24-22(26-37(30,31)21-9-7-20(36-3)8-10-21)11-16(25(29)33-2)12-23(24)34-15-17(28)14-27/h4-13,17,26-28H,14-15H2,1-3H3. The van der Waals surface area contributed by atoms with Crippen molar-refractivity contribution in [3.63, 3.8) is 0 Å². The fourth-order valence-electron chi connectivity index (χ4n) is 3.11. The van der Waals surface area contributed by atoms with E-state index in [0.717, 1.165) is 4.90 Å². The third kappa shape index (κ3) is 7.29. The zero-order valence-corrected chi connectivity index (χ0v) is 22.0. The Balaban J connectivity index is 2.14. The SMILES string of the molecule is COC(=O)c1cc(NS(=O)(=O)c2ccc(SC)cc2)c(Oc2cccc(OC)c2)c(OCC(O)CO)c1. The number of hydrogen-bond donors (Lipinski definition) is 3. The molecule has 1 unspecified atom stereocenters. The van der Waals surface area contributed by atoms with Crippen molar-refractivity contribution < 1.29 is 42.4 Å². The lowest BCUT2D eigenvalue weighted by molar-refractivity contribution is 0.0526. The van der Waals surface area contributed by atoms with Gasteiger partial charge in [0.15, 0.2) is 11.5 Å². The number of methoxy groups -OCH3 is 2. The molecule has 1 atom stereocenters. The summed E-state index contributed by atoms with van der Waals surface area (Å²) >= 11 is 1.47. The number of ether oxygens (including phenoxy) is 4. The molecule has 3 aromatic rings. The molecule has 0 saturated heterocycles. The quantitative estimate of drug-likeness (QED) is 0.227. The van der Waals surface area contributed by atoms with Gasteiger partial charge in [0.1, 0.15) is 24.2 Å². The first-order valence-corrected chi connectivity index (χ1v) is 13.6. The van der Waals surface area contributed by atoms with E-state index in [1.54, 1.807) is 36.4 Å². The van der Waals surface area contributed by atoms with Crippen LogP contribution in [0.15, 0.2) is 70.5 Å². The minimum absolute atomic E-state index is 0.0146.